The normalized spacial score (nSPS) is 21.0. The molecule has 1 aromatic carbocycles. The number of Topliss-reactive ketones (excluding diaryl/α,β-unsaturated/α-hetero) is 1. The fourth-order valence-corrected chi connectivity index (χ4v) is 3.85. The van der Waals surface area contributed by atoms with Crippen LogP contribution in [0.1, 0.15) is 79.8 Å². The van der Waals surface area contributed by atoms with Crippen LogP contribution in [0, 0.1) is 11.8 Å². The van der Waals surface area contributed by atoms with Crippen molar-refractivity contribution in [3.05, 3.63) is 28.8 Å². The van der Waals surface area contributed by atoms with Gasteiger partial charge in [-0.1, -0.05) is 20.8 Å². The summed E-state index contributed by atoms with van der Waals surface area (Å²) in [5, 5.41) is 29.3. The number of benzene rings is 1. The van der Waals surface area contributed by atoms with Crippen molar-refractivity contribution in [1.82, 2.24) is 0 Å². The summed E-state index contributed by atoms with van der Waals surface area (Å²) in [5.41, 5.74) is 1.54. The van der Waals surface area contributed by atoms with Gasteiger partial charge in [0, 0.05) is 23.8 Å². The number of carbonyl (C=O) groups is 2. The first-order valence-electron chi connectivity index (χ1n) is 8.99. The molecule has 0 amide bonds. The van der Waals surface area contributed by atoms with Crippen LogP contribution in [-0.2, 0) is 4.79 Å². The zero-order valence-corrected chi connectivity index (χ0v) is 15.2. The number of fused-ring (bicyclic) bond motifs is 1. The molecule has 0 unspecified atom stereocenters. The van der Waals surface area contributed by atoms with E-state index in [2.05, 4.69) is 6.92 Å². The van der Waals surface area contributed by atoms with Crippen LogP contribution in [-0.4, -0.2) is 33.7 Å². The van der Waals surface area contributed by atoms with Crippen molar-refractivity contribution < 1.29 is 24.9 Å². The van der Waals surface area contributed by atoms with Gasteiger partial charge < -0.3 is 15.3 Å². The number of rotatable bonds is 7. The molecule has 5 heteroatoms. The molecular weight excluding hydrogens is 320 g/mol. The van der Waals surface area contributed by atoms with Crippen LogP contribution >= 0.6 is 0 Å². The van der Waals surface area contributed by atoms with E-state index in [0.717, 1.165) is 24.8 Å². The first-order chi connectivity index (χ1) is 11.8. The molecular formula is C20H28O5. The second-order valence-electron chi connectivity index (χ2n) is 7.50. The Balaban J connectivity index is 2.33. The highest BCUT2D eigenvalue weighted by Crippen LogP contribution is 2.47. The van der Waals surface area contributed by atoms with Crippen LogP contribution in [0.15, 0.2) is 12.1 Å². The molecule has 0 saturated heterocycles. The zero-order valence-electron chi connectivity index (χ0n) is 15.2. The molecule has 0 aromatic heterocycles. The van der Waals surface area contributed by atoms with Gasteiger partial charge in [0.2, 0.25) is 0 Å². The van der Waals surface area contributed by atoms with E-state index < -0.39 is 5.97 Å². The number of aromatic hydroxyl groups is 1. The minimum atomic E-state index is -1.08. The number of carbonyl (C=O) groups excluding carboxylic acids is 1. The molecule has 1 aliphatic rings. The molecule has 0 heterocycles. The number of aromatic carboxylic acids is 1. The number of carboxylic acids is 1. The lowest BCUT2D eigenvalue weighted by Gasteiger charge is -2.35. The Morgan fingerprint density at radius 1 is 1.20 bits per heavy atom. The van der Waals surface area contributed by atoms with Crippen molar-refractivity contribution >= 4 is 11.8 Å². The van der Waals surface area contributed by atoms with Gasteiger partial charge >= 0.3 is 5.97 Å². The minimum absolute atomic E-state index is 0.0206. The number of aliphatic hydroxyl groups excluding tert-OH is 1. The summed E-state index contributed by atoms with van der Waals surface area (Å²) in [7, 11) is 0. The van der Waals surface area contributed by atoms with E-state index in [4.69, 9.17) is 0 Å². The lowest BCUT2D eigenvalue weighted by Crippen LogP contribution is -2.23. The van der Waals surface area contributed by atoms with E-state index in [1.54, 1.807) is 6.07 Å². The summed E-state index contributed by atoms with van der Waals surface area (Å²) in [5.74, 6) is -0.758. The molecule has 0 saturated carbocycles. The Bertz CT molecular complexity index is 650. The van der Waals surface area contributed by atoms with Gasteiger partial charge in [-0.15, -0.1) is 0 Å². The van der Waals surface area contributed by atoms with Gasteiger partial charge in [-0.25, -0.2) is 4.79 Å². The molecule has 138 valence electrons. The number of hydrogen-bond acceptors (Lipinski definition) is 4. The van der Waals surface area contributed by atoms with Gasteiger partial charge in [-0.05, 0) is 48.8 Å². The number of hydrogen-bond donors (Lipinski definition) is 3. The maximum Gasteiger partial charge on any atom is 0.335 e. The van der Waals surface area contributed by atoms with Gasteiger partial charge in [-0.2, -0.15) is 0 Å². The summed E-state index contributed by atoms with van der Waals surface area (Å²) in [4.78, 5) is 23.3. The largest absolute Gasteiger partial charge is 0.508 e. The highest BCUT2D eigenvalue weighted by Gasteiger charge is 2.33. The van der Waals surface area contributed by atoms with E-state index in [0.29, 0.717) is 12.0 Å². The highest BCUT2D eigenvalue weighted by molar-refractivity contribution is 5.88. The Labute approximate surface area is 148 Å². The molecule has 3 atom stereocenters. The highest BCUT2D eigenvalue weighted by atomic mass is 16.4. The number of ketones is 1. The second-order valence-corrected chi connectivity index (χ2v) is 7.50. The van der Waals surface area contributed by atoms with Crippen molar-refractivity contribution in [2.45, 2.75) is 58.3 Å². The van der Waals surface area contributed by atoms with Gasteiger partial charge in [-0.3, -0.25) is 4.79 Å². The molecule has 1 aliphatic carbocycles. The quantitative estimate of drug-likeness (QED) is 0.698. The first-order valence-corrected chi connectivity index (χ1v) is 8.99. The van der Waals surface area contributed by atoms with Gasteiger partial charge in [0.15, 0.2) is 0 Å². The van der Waals surface area contributed by atoms with Crippen molar-refractivity contribution in [3.8, 4) is 5.75 Å². The van der Waals surface area contributed by atoms with Crippen LogP contribution in [0.25, 0.3) is 0 Å². The standard InChI is InChI=1S/C20H28O5/c1-11(2)17(22)7-4-12(3)15-6-5-13(10-21)19-16(15)8-14(20(24)25)9-18(19)23/h8-9,11-13,15,21,23H,4-7,10H2,1-3H3,(H,24,25)/t12-,13-,15-/m0/s1. The van der Waals surface area contributed by atoms with E-state index in [-0.39, 0.29) is 47.4 Å². The molecule has 25 heavy (non-hydrogen) atoms. The van der Waals surface area contributed by atoms with Crippen molar-refractivity contribution in [1.29, 1.82) is 0 Å². The second kappa shape index (κ2) is 8.00. The average Bonchev–Trinajstić information content (AvgIpc) is 2.57. The number of carboxylic acid groups (broad SMARTS) is 1. The Hall–Kier alpha value is -1.88. The molecule has 2 rings (SSSR count). The molecule has 0 aliphatic heterocycles. The summed E-state index contributed by atoms with van der Waals surface area (Å²) < 4.78 is 0. The lowest BCUT2D eigenvalue weighted by atomic mass is 9.70. The maximum atomic E-state index is 11.9. The van der Waals surface area contributed by atoms with Crippen LogP contribution in [0.3, 0.4) is 0 Å². The summed E-state index contributed by atoms with van der Waals surface area (Å²) in [6, 6.07) is 2.89. The molecule has 5 nitrogen and oxygen atoms in total. The molecule has 0 bridgehead atoms. The number of aliphatic hydroxyl groups is 1. The maximum absolute atomic E-state index is 11.9. The minimum Gasteiger partial charge on any atom is -0.508 e. The summed E-state index contributed by atoms with van der Waals surface area (Å²) >= 11 is 0. The SMILES string of the molecule is CC(C)C(=O)CC[C@H](C)[C@@H]1CC[C@@H](CO)c2c(O)cc(C(=O)O)cc21. The lowest BCUT2D eigenvalue weighted by molar-refractivity contribution is -0.122. The molecule has 1 aromatic rings. The Morgan fingerprint density at radius 2 is 1.88 bits per heavy atom. The molecule has 3 N–H and O–H groups in total. The smallest absolute Gasteiger partial charge is 0.335 e. The summed E-state index contributed by atoms with van der Waals surface area (Å²) in [6.45, 7) is 5.80. The first kappa shape index (κ1) is 19.4. The van der Waals surface area contributed by atoms with Gasteiger partial charge in [0.25, 0.3) is 0 Å². The van der Waals surface area contributed by atoms with Gasteiger partial charge in [0.05, 0.1) is 12.2 Å². The van der Waals surface area contributed by atoms with Crippen molar-refractivity contribution in [2.75, 3.05) is 6.61 Å². The zero-order chi connectivity index (χ0) is 18.7. The third-order valence-electron chi connectivity index (χ3n) is 5.47. The molecule has 0 spiro atoms. The molecule has 0 fully saturated rings. The topological polar surface area (TPSA) is 94.8 Å². The predicted octanol–water partition coefficient (Wildman–Crippen LogP) is 3.69. The Kier molecular flexibility index (Phi) is 6.22. The Morgan fingerprint density at radius 3 is 2.44 bits per heavy atom. The number of phenols is 1. The van der Waals surface area contributed by atoms with Crippen LogP contribution in [0.2, 0.25) is 0 Å². The van der Waals surface area contributed by atoms with Gasteiger partial charge in [0.1, 0.15) is 11.5 Å². The summed E-state index contributed by atoms with van der Waals surface area (Å²) in [6.07, 6.45) is 2.82. The fourth-order valence-electron chi connectivity index (χ4n) is 3.85. The molecule has 0 radical (unpaired) electrons. The van der Waals surface area contributed by atoms with Crippen LogP contribution in [0.4, 0.5) is 0 Å². The van der Waals surface area contributed by atoms with Crippen LogP contribution < -0.4 is 0 Å². The van der Waals surface area contributed by atoms with E-state index in [9.17, 15) is 24.9 Å². The van der Waals surface area contributed by atoms with Crippen LogP contribution in [0.5, 0.6) is 5.75 Å². The van der Waals surface area contributed by atoms with E-state index in [1.165, 1.54) is 6.07 Å². The predicted molar refractivity (Wildman–Crippen MR) is 95.1 cm³/mol. The average molecular weight is 348 g/mol. The third kappa shape index (κ3) is 4.21. The van der Waals surface area contributed by atoms with E-state index >= 15 is 0 Å². The fraction of sp³-hybridized carbons (Fsp3) is 0.600. The number of phenolic OH excluding ortho intramolecular Hbond substituents is 1. The third-order valence-corrected chi connectivity index (χ3v) is 5.47. The van der Waals surface area contributed by atoms with Crippen molar-refractivity contribution in [3.63, 3.8) is 0 Å². The van der Waals surface area contributed by atoms with E-state index in [1.807, 2.05) is 13.8 Å². The van der Waals surface area contributed by atoms with Crippen molar-refractivity contribution in [2.24, 2.45) is 11.8 Å². The monoisotopic (exact) mass is 348 g/mol.